The number of aryl methyl sites for hydroxylation is 3. The summed E-state index contributed by atoms with van der Waals surface area (Å²) in [5.41, 5.74) is 7.76. The summed E-state index contributed by atoms with van der Waals surface area (Å²) in [5.74, 6) is 0. The van der Waals surface area contributed by atoms with Gasteiger partial charge in [0.2, 0.25) is 5.69 Å². The van der Waals surface area contributed by atoms with Gasteiger partial charge in [0.1, 0.15) is 7.05 Å². The Kier molecular flexibility index (Phi) is 3.57. The van der Waals surface area contributed by atoms with Crippen molar-refractivity contribution in [3.8, 4) is 22.4 Å². The Labute approximate surface area is 126 Å². The average molecular weight is 274 g/mol. The fraction of sp³-hybridized carbons (Fsp3) is 0.150. The molecule has 3 rings (SSSR count). The van der Waals surface area contributed by atoms with Crippen LogP contribution in [0.25, 0.3) is 22.4 Å². The van der Waals surface area contributed by atoms with Crippen molar-refractivity contribution < 1.29 is 4.57 Å². The highest BCUT2D eigenvalue weighted by molar-refractivity contribution is 5.74. The number of hydrogen-bond acceptors (Lipinski definition) is 0. The van der Waals surface area contributed by atoms with Gasteiger partial charge < -0.3 is 0 Å². The van der Waals surface area contributed by atoms with E-state index in [0.717, 1.165) is 0 Å². The molecule has 104 valence electrons. The first kappa shape index (κ1) is 13.6. The van der Waals surface area contributed by atoms with Crippen molar-refractivity contribution >= 4 is 0 Å². The van der Waals surface area contributed by atoms with Crippen molar-refractivity contribution in [2.45, 2.75) is 13.8 Å². The molecule has 0 bridgehead atoms. The Balaban J connectivity index is 2.15. The van der Waals surface area contributed by atoms with Crippen LogP contribution in [0, 0.1) is 13.8 Å². The number of rotatable bonds is 2. The molecule has 1 heteroatoms. The first-order valence-electron chi connectivity index (χ1n) is 7.28. The normalized spacial score (nSPS) is 10.6. The lowest BCUT2D eigenvalue weighted by Gasteiger charge is -2.11. The van der Waals surface area contributed by atoms with E-state index in [1.807, 2.05) is 0 Å². The highest BCUT2D eigenvalue weighted by Gasteiger charge is 2.14. The minimum Gasteiger partial charge on any atom is -0.201 e. The molecule has 0 saturated carbocycles. The lowest BCUT2D eigenvalue weighted by molar-refractivity contribution is -0.660. The van der Waals surface area contributed by atoms with Crippen LogP contribution in [-0.2, 0) is 7.05 Å². The van der Waals surface area contributed by atoms with Crippen molar-refractivity contribution in [2.24, 2.45) is 7.05 Å². The van der Waals surface area contributed by atoms with Crippen molar-refractivity contribution in [3.63, 3.8) is 0 Å². The van der Waals surface area contributed by atoms with Gasteiger partial charge in [-0.1, -0.05) is 36.4 Å². The summed E-state index contributed by atoms with van der Waals surface area (Å²) < 4.78 is 2.17. The van der Waals surface area contributed by atoms with Gasteiger partial charge in [-0.2, -0.15) is 0 Å². The molecule has 0 atom stereocenters. The Bertz CT molecular complexity index is 773. The Morgan fingerprint density at radius 1 is 0.714 bits per heavy atom. The lowest BCUT2D eigenvalue weighted by atomic mass is 9.93. The van der Waals surface area contributed by atoms with Crippen LogP contribution in [0.2, 0.25) is 0 Å². The van der Waals surface area contributed by atoms with E-state index in [0.29, 0.717) is 0 Å². The minimum atomic E-state index is 1.25. The van der Waals surface area contributed by atoms with Gasteiger partial charge >= 0.3 is 0 Å². The molecule has 1 aromatic heterocycles. The largest absolute Gasteiger partial charge is 0.212 e. The molecule has 0 N–H and O–H groups in total. The smallest absolute Gasteiger partial charge is 0.201 e. The molecule has 0 aliphatic rings. The van der Waals surface area contributed by atoms with E-state index in [9.17, 15) is 0 Å². The maximum absolute atomic E-state index is 2.30. The van der Waals surface area contributed by atoms with Crippen molar-refractivity contribution in [3.05, 3.63) is 78.0 Å². The molecule has 0 aliphatic heterocycles. The maximum Gasteiger partial charge on any atom is 0.212 e. The van der Waals surface area contributed by atoms with Crippen molar-refractivity contribution in [1.82, 2.24) is 0 Å². The van der Waals surface area contributed by atoms with Crippen LogP contribution in [0.3, 0.4) is 0 Å². The molecule has 0 amide bonds. The van der Waals surface area contributed by atoms with Crippen LogP contribution in [0.1, 0.15) is 11.1 Å². The van der Waals surface area contributed by atoms with Gasteiger partial charge in [-0.05, 0) is 48.2 Å². The van der Waals surface area contributed by atoms with Crippen molar-refractivity contribution in [1.29, 1.82) is 0 Å². The molecule has 0 aliphatic carbocycles. The summed E-state index contributed by atoms with van der Waals surface area (Å²) in [6.07, 6.45) is 2.09. The van der Waals surface area contributed by atoms with E-state index in [-0.39, 0.29) is 0 Å². The summed E-state index contributed by atoms with van der Waals surface area (Å²) in [6.45, 7) is 4.38. The van der Waals surface area contributed by atoms with E-state index >= 15 is 0 Å². The van der Waals surface area contributed by atoms with Gasteiger partial charge in [-0.3, -0.25) is 0 Å². The second-order valence-electron chi connectivity index (χ2n) is 5.54. The summed E-state index contributed by atoms with van der Waals surface area (Å²) in [4.78, 5) is 0. The van der Waals surface area contributed by atoms with Gasteiger partial charge in [-0.15, -0.1) is 0 Å². The number of nitrogens with zero attached hydrogens (tertiary/aromatic N) is 1. The molecule has 0 fully saturated rings. The maximum atomic E-state index is 2.30. The zero-order valence-corrected chi connectivity index (χ0v) is 12.8. The van der Waals surface area contributed by atoms with Gasteiger partial charge in [0, 0.05) is 17.7 Å². The molecule has 2 aromatic carbocycles. The number of pyridine rings is 1. The SMILES string of the molecule is Cc1cc(-c2cccc[n+]2C)c(C)cc1-c1ccccc1. The second kappa shape index (κ2) is 5.53. The van der Waals surface area contributed by atoms with Crippen LogP contribution < -0.4 is 4.57 Å². The fourth-order valence-electron chi connectivity index (χ4n) is 2.82. The lowest BCUT2D eigenvalue weighted by Crippen LogP contribution is -2.30. The van der Waals surface area contributed by atoms with E-state index in [1.54, 1.807) is 0 Å². The molecule has 0 radical (unpaired) electrons. The molecular weight excluding hydrogens is 254 g/mol. The third kappa shape index (κ3) is 2.59. The van der Waals surface area contributed by atoms with Crippen molar-refractivity contribution in [2.75, 3.05) is 0 Å². The second-order valence-corrected chi connectivity index (χ2v) is 5.54. The molecule has 1 nitrogen and oxygen atoms in total. The molecule has 0 spiro atoms. The zero-order valence-electron chi connectivity index (χ0n) is 12.8. The van der Waals surface area contributed by atoms with Gasteiger partial charge in [0.05, 0.1) is 0 Å². The van der Waals surface area contributed by atoms with Crippen LogP contribution in [0.15, 0.2) is 66.9 Å². The molecule has 0 unspecified atom stereocenters. The highest BCUT2D eigenvalue weighted by Crippen LogP contribution is 2.30. The predicted octanol–water partition coefficient (Wildman–Crippen LogP) is 4.46. The predicted molar refractivity (Wildman–Crippen MR) is 88.0 cm³/mol. The van der Waals surface area contributed by atoms with Crippen LogP contribution in [0.4, 0.5) is 0 Å². The molecular formula is C20H20N+. The fourth-order valence-corrected chi connectivity index (χ4v) is 2.82. The van der Waals surface area contributed by atoms with Crippen LogP contribution in [0.5, 0.6) is 0 Å². The summed E-state index contributed by atoms with van der Waals surface area (Å²) in [6, 6.07) is 21.5. The van der Waals surface area contributed by atoms with Gasteiger partial charge in [-0.25, -0.2) is 4.57 Å². The van der Waals surface area contributed by atoms with E-state index < -0.39 is 0 Å². The minimum absolute atomic E-state index is 1.25. The first-order valence-corrected chi connectivity index (χ1v) is 7.28. The third-order valence-electron chi connectivity index (χ3n) is 3.99. The van der Waals surface area contributed by atoms with Gasteiger partial charge in [0.25, 0.3) is 0 Å². The number of hydrogen-bond donors (Lipinski definition) is 0. The molecule has 21 heavy (non-hydrogen) atoms. The monoisotopic (exact) mass is 274 g/mol. The highest BCUT2D eigenvalue weighted by atomic mass is 14.9. The quantitative estimate of drug-likeness (QED) is 0.607. The summed E-state index contributed by atoms with van der Waals surface area (Å²) >= 11 is 0. The summed E-state index contributed by atoms with van der Waals surface area (Å²) in [5, 5.41) is 0. The van der Waals surface area contributed by atoms with E-state index in [4.69, 9.17) is 0 Å². The zero-order chi connectivity index (χ0) is 14.8. The van der Waals surface area contributed by atoms with Gasteiger partial charge in [0.15, 0.2) is 6.20 Å². The standard InChI is InChI=1S/C20H20N/c1-15-14-19(20-11-7-8-12-21(20)3)16(2)13-18(15)17-9-5-4-6-10-17/h4-14H,1-3H3/q+1. The van der Waals surface area contributed by atoms with Crippen LogP contribution >= 0.6 is 0 Å². The summed E-state index contributed by atoms with van der Waals surface area (Å²) in [7, 11) is 2.09. The topological polar surface area (TPSA) is 3.88 Å². The average Bonchev–Trinajstić information content (AvgIpc) is 2.51. The number of aromatic nitrogens is 1. The van der Waals surface area contributed by atoms with Crippen LogP contribution in [-0.4, -0.2) is 0 Å². The van der Waals surface area contributed by atoms with E-state index in [1.165, 1.54) is 33.5 Å². The number of benzene rings is 2. The Morgan fingerprint density at radius 2 is 1.33 bits per heavy atom. The third-order valence-corrected chi connectivity index (χ3v) is 3.99. The first-order chi connectivity index (χ1) is 10.2. The van der Waals surface area contributed by atoms with E-state index in [2.05, 4.69) is 92.3 Å². The Morgan fingerprint density at radius 3 is 2.05 bits per heavy atom. The molecule has 3 aromatic rings. The molecule has 0 saturated heterocycles. The Hall–Kier alpha value is -2.41. The molecule has 1 heterocycles.